The van der Waals surface area contributed by atoms with Crippen molar-refractivity contribution in [1.82, 2.24) is 4.90 Å². The molecule has 0 bridgehead atoms. The highest BCUT2D eigenvalue weighted by molar-refractivity contribution is 5.30. The van der Waals surface area contributed by atoms with Gasteiger partial charge < -0.3 is 15.1 Å². The highest BCUT2D eigenvalue weighted by Gasteiger charge is 2.38. The van der Waals surface area contributed by atoms with Crippen molar-refractivity contribution < 1.29 is 26.7 Å². The maximum Gasteiger partial charge on any atom is 0.115 e. The summed E-state index contributed by atoms with van der Waals surface area (Å²) in [6, 6.07) is 4.32. The molecule has 0 aromatic heterocycles. The minimum Gasteiger partial charge on any atom is -0.508 e. The molecule has 3 nitrogen and oxygen atoms in total. The number of aliphatic hydroxyl groups is 1. The Hall–Kier alpha value is -1.06. The molecule has 3 heteroatoms. The number of likely N-dealkylation sites (N-methyl/N-ethyl adjacent to an activating group) is 1. The van der Waals surface area contributed by atoms with Gasteiger partial charge in [0, 0.05) is 28.9 Å². The standard InChI is InChI=1S/C16H25NO2/c1-17(2)12-15(13-6-8-14(18)9-7-13)16(19)10-4-3-5-11-16/h6-9,15,18-19H,3-5,10-12H2,1-2H3/i3D2,4D2,5D2,10D2,11D2,12D2. The summed E-state index contributed by atoms with van der Waals surface area (Å²) in [7, 11) is 2.43. The van der Waals surface area contributed by atoms with Crippen molar-refractivity contribution in [2.75, 3.05) is 20.6 Å². The van der Waals surface area contributed by atoms with E-state index in [1.165, 1.54) is 14.1 Å². The van der Waals surface area contributed by atoms with Crippen LogP contribution in [0.1, 0.15) is 59.8 Å². The van der Waals surface area contributed by atoms with Gasteiger partial charge in [-0.3, -0.25) is 0 Å². The van der Waals surface area contributed by atoms with Gasteiger partial charge in [0.1, 0.15) is 5.75 Å². The topological polar surface area (TPSA) is 43.7 Å². The first-order valence-electron chi connectivity index (χ1n) is 11.8. The minimum absolute atomic E-state index is 0.249. The molecule has 0 aliphatic heterocycles. The normalized spacial score (nSPS) is 43.8. The summed E-state index contributed by atoms with van der Waals surface area (Å²) in [5.74, 6) is -2.52. The Morgan fingerprint density at radius 1 is 1.26 bits per heavy atom. The summed E-state index contributed by atoms with van der Waals surface area (Å²) in [6.07, 6.45) is -18.9. The molecule has 1 fully saturated rings. The summed E-state index contributed by atoms with van der Waals surface area (Å²) in [5, 5.41) is 21.3. The first kappa shape index (κ1) is 5.38. The molecule has 1 aliphatic rings. The third-order valence-electron chi connectivity index (χ3n) is 2.66. The lowest BCUT2D eigenvalue weighted by Gasteiger charge is -2.40. The van der Waals surface area contributed by atoms with Crippen LogP contribution < -0.4 is 0 Å². The van der Waals surface area contributed by atoms with Crippen LogP contribution in [0.3, 0.4) is 0 Å². The van der Waals surface area contributed by atoms with Gasteiger partial charge in [0.15, 0.2) is 0 Å². The van der Waals surface area contributed by atoms with E-state index in [0.717, 1.165) is 29.2 Å². The van der Waals surface area contributed by atoms with Crippen LogP contribution in [0.5, 0.6) is 5.75 Å². The van der Waals surface area contributed by atoms with E-state index in [9.17, 15) is 10.2 Å². The zero-order chi connectivity index (χ0) is 24.6. The van der Waals surface area contributed by atoms with Gasteiger partial charge in [-0.1, -0.05) is 31.3 Å². The van der Waals surface area contributed by atoms with Crippen molar-refractivity contribution in [3.63, 3.8) is 0 Å². The number of phenolic OH excluding ortho intramolecular Hbond substituents is 1. The van der Waals surface area contributed by atoms with Crippen molar-refractivity contribution >= 4 is 0 Å². The fourth-order valence-corrected chi connectivity index (χ4v) is 1.79. The number of hydrogen-bond donors (Lipinski definition) is 2. The number of nitrogens with zero attached hydrogens (tertiary/aromatic N) is 1. The predicted octanol–water partition coefficient (Wildman–Crippen LogP) is 2.73. The van der Waals surface area contributed by atoms with Crippen molar-refractivity contribution in [3.8, 4) is 5.75 Å². The van der Waals surface area contributed by atoms with E-state index in [2.05, 4.69) is 0 Å². The highest BCUT2D eigenvalue weighted by Crippen LogP contribution is 2.40. The lowest BCUT2D eigenvalue weighted by atomic mass is 9.72. The molecule has 1 saturated carbocycles. The van der Waals surface area contributed by atoms with E-state index < -0.39 is 49.9 Å². The van der Waals surface area contributed by atoms with Gasteiger partial charge in [0.2, 0.25) is 0 Å². The minimum atomic E-state index is -3.81. The third kappa shape index (κ3) is 3.48. The molecule has 2 N–H and O–H groups in total. The molecule has 0 heterocycles. The SMILES string of the molecule is [2H]C([2H])(C(c1ccc(O)cc1)C1(O)C([2H])([2H])C([2H])([2H])C([2H])([2H])C([2H])([2H])C1([2H])[2H])N(C)C. The Bertz CT molecular complexity index is 808. The number of benzene rings is 1. The van der Waals surface area contributed by atoms with Crippen molar-refractivity contribution in [3.05, 3.63) is 29.8 Å². The van der Waals surface area contributed by atoms with Gasteiger partial charge in [0.05, 0.1) is 5.60 Å². The Morgan fingerprint density at radius 3 is 2.37 bits per heavy atom. The molecule has 0 saturated heterocycles. The van der Waals surface area contributed by atoms with Crippen LogP contribution in [0.4, 0.5) is 0 Å². The average molecular weight is 275 g/mol. The number of hydrogen-bond acceptors (Lipinski definition) is 3. The molecule has 1 aliphatic carbocycles. The molecule has 0 radical (unpaired) electrons. The van der Waals surface area contributed by atoms with Crippen LogP contribution in [-0.4, -0.2) is 41.3 Å². The lowest BCUT2D eigenvalue weighted by Crippen LogP contribution is -2.42. The molecule has 1 unspecified atom stereocenters. The number of phenols is 1. The average Bonchev–Trinajstić information content (AvgIpc) is 2.61. The van der Waals surface area contributed by atoms with Crippen LogP contribution in [0, 0.1) is 0 Å². The second-order valence-corrected chi connectivity index (χ2v) is 4.44. The molecule has 0 spiro atoms. The van der Waals surface area contributed by atoms with Gasteiger partial charge in [-0.25, -0.2) is 0 Å². The molecular formula is C16H25NO2. The first-order valence-corrected chi connectivity index (χ1v) is 5.75. The summed E-state index contributed by atoms with van der Waals surface area (Å²) in [4.78, 5) is 0.892. The van der Waals surface area contributed by atoms with Crippen LogP contribution in [-0.2, 0) is 0 Å². The Kier molecular flexibility index (Phi) is 1.68. The van der Waals surface area contributed by atoms with E-state index in [-0.39, 0.29) is 11.3 Å². The maximum atomic E-state index is 11.7. The van der Waals surface area contributed by atoms with Crippen LogP contribution in [0.25, 0.3) is 0 Å². The smallest absolute Gasteiger partial charge is 0.115 e. The zero-order valence-corrected chi connectivity index (χ0v) is 10.7. The van der Waals surface area contributed by atoms with Gasteiger partial charge in [-0.05, 0) is 44.5 Å². The van der Waals surface area contributed by atoms with Crippen molar-refractivity contribution in [1.29, 1.82) is 0 Å². The summed E-state index contributed by atoms with van der Waals surface area (Å²) in [6.45, 7) is -2.78. The molecule has 1 atom stereocenters. The number of rotatable bonds is 4. The first-order chi connectivity index (χ1) is 13.6. The highest BCUT2D eigenvalue weighted by atomic mass is 16.3. The van der Waals surface area contributed by atoms with Crippen molar-refractivity contribution in [2.45, 2.75) is 43.4 Å². The predicted molar refractivity (Wildman–Crippen MR) is 77.4 cm³/mol. The van der Waals surface area contributed by atoms with E-state index in [1.807, 2.05) is 0 Å². The van der Waals surface area contributed by atoms with E-state index in [1.54, 1.807) is 0 Å². The molecule has 2 rings (SSSR count). The van der Waals surface area contributed by atoms with Crippen LogP contribution in [0.15, 0.2) is 24.3 Å². The van der Waals surface area contributed by atoms with Gasteiger partial charge >= 0.3 is 0 Å². The summed E-state index contributed by atoms with van der Waals surface area (Å²) in [5.41, 5.74) is -4.00. The lowest BCUT2D eigenvalue weighted by molar-refractivity contribution is -0.0277. The third-order valence-corrected chi connectivity index (χ3v) is 2.66. The van der Waals surface area contributed by atoms with Crippen molar-refractivity contribution in [2.24, 2.45) is 0 Å². The fraction of sp³-hybridized carbons (Fsp3) is 0.625. The second kappa shape index (κ2) is 5.93. The quantitative estimate of drug-likeness (QED) is 0.888. The Labute approximate surface area is 132 Å². The molecule has 1 aromatic rings. The van der Waals surface area contributed by atoms with E-state index in [0.29, 0.717) is 0 Å². The number of aromatic hydroxyl groups is 1. The largest absolute Gasteiger partial charge is 0.508 e. The molecule has 1 aromatic carbocycles. The fourth-order valence-electron chi connectivity index (χ4n) is 1.79. The van der Waals surface area contributed by atoms with Gasteiger partial charge in [-0.2, -0.15) is 0 Å². The van der Waals surface area contributed by atoms with Gasteiger partial charge in [0.25, 0.3) is 0 Å². The van der Waals surface area contributed by atoms with Crippen LogP contribution >= 0.6 is 0 Å². The Balaban J connectivity index is 3.04. The molecule has 19 heavy (non-hydrogen) atoms. The zero-order valence-electron chi connectivity index (χ0n) is 22.7. The monoisotopic (exact) mass is 275 g/mol. The molecular weight excluding hydrogens is 238 g/mol. The van der Waals surface area contributed by atoms with E-state index in [4.69, 9.17) is 16.4 Å². The summed E-state index contributed by atoms with van der Waals surface area (Å²) < 4.78 is 98.7. The van der Waals surface area contributed by atoms with E-state index >= 15 is 0 Å². The van der Waals surface area contributed by atoms with Gasteiger partial charge in [-0.15, -0.1) is 0 Å². The van der Waals surface area contributed by atoms with Crippen LogP contribution in [0.2, 0.25) is 0 Å². The maximum absolute atomic E-state index is 11.7. The second-order valence-electron chi connectivity index (χ2n) is 4.44. The molecule has 106 valence electrons. The molecule has 0 amide bonds. The Morgan fingerprint density at radius 2 is 1.84 bits per heavy atom. The summed E-state index contributed by atoms with van der Waals surface area (Å²) >= 11 is 0.